The van der Waals surface area contributed by atoms with Crippen LogP contribution in [0.2, 0.25) is 0 Å². The molecule has 0 unspecified atom stereocenters. The zero-order valence-electron chi connectivity index (χ0n) is 16.9. The number of fused-ring (bicyclic) bond motifs is 1. The van der Waals surface area contributed by atoms with Crippen molar-refractivity contribution in [3.8, 4) is 10.6 Å². The van der Waals surface area contributed by atoms with Crippen LogP contribution in [0.5, 0.6) is 0 Å². The zero-order valence-corrected chi connectivity index (χ0v) is 17.7. The lowest BCUT2D eigenvalue weighted by molar-refractivity contribution is 0.0468. The van der Waals surface area contributed by atoms with E-state index in [1.165, 1.54) is 34.4 Å². The number of ether oxygens (including phenoxy) is 2. The summed E-state index contributed by atoms with van der Waals surface area (Å²) in [7, 11) is 1.56. The fraction of sp³-hybridized carbons (Fsp3) is 0.217. The number of nitrogens with zero attached hydrogens (tertiary/aromatic N) is 2. The number of imide groups is 1. The van der Waals surface area contributed by atoms with Gasteiger partial charge in [0.05, 0.1) is 22.4 Å². The summed E-state index contributed by atoms with van der Waals surface area (Å²) in [6, 6.07) is 14.2. The lowest BCUT2D eigenvalue weighted by Crippen LogP contribution is -2.31. The maximum atomic E-state index is 12.6. The minimum atomic E-state index is -0.574. The molecule has 158 valence electrons. The van der Waals surface area contributed by atoms with Gasteiger partial charge in [0.15, 0.2) is 0 Å². The minimum absolute atomic E-state index is 0.0231. The van der Waals surface area contributed by atoms with Crippen LogP contribution in [0.1, 0.15) is 43.2 Å². The Hall–Kier alpha value is -3.36. The summed E-state index contributed by atoms with van der Waals surface area (Å²) >= 11 is 1.48. The molecule has 2 heterocycles. The van der Waals surface area contributed by atoms with Crippen molar-refractivity contribution < 1.29 is 23.9 Å². The Kier molecular flexibility index (Phi) is 6.20. The van der Waals surface area contributed by atoms with Crippen LogP contribution in [0.4, 0.5) is 0 Å². The van der Waals surface area contributed by atoms with Crippen LogP contribution in [0.3, 0.4) is 0 Å². The number of thiazole rings is 1. The highest BCUT2D eigenvalue weighted by atomic mass is 32.1. The average Bonchev–Trinajstić information content (AvgIpc) is 3.37. The van der Waals surface area contributed by atoms with Crippen LogP contribution in [-0.4, -0.2) is 47.9 Å². The molecule has 0 saturated heterocycles. The molecule has 1 aliphatic heterocycles. The smallest absolute Gasteiger partial charge is 0.338 e. The van der Waals surface area contributed by atoms with E-state index in [0.717, 1.165) is 10.6 Å². The maximum Gasteiger partial charge on any atom is 0.338 e. The Morgan fingerprint density at radius 3 is 2.61 bits per heavy atom. The normalized spacial score (nSPS) is 12.9. The van der Waals surface area contributed by atoms with E-state index >= 15 is 0 Å². The van der Waals surface area contributed by atoms with E-state index in [1.54, 1.807) is 7.11 Å². The van der Waals surface area contributed by atoms with E-state index in [1.807, 2.05) is 35.7 Å². The SMILES string of the molecule is COCCCN1C(=O)c2ccc(C(=O)OCc3csc(-c4ccccc4)n3)cc2C1=O. The first-order valence-electron chi connectivity index (χ1n) is 9.74. The highest BCUT2D eigenvalue weighted by molar-refractivity contribution is 7.13. The third kappa shape index (κ3) is 4.40. The van der Waals surface area contributed by atoms with Crippen LogP contribution < -0.4 is 0 Å². The summed E-state index contributed by atoms with van der Waals surface area (Å²) in [5.41, 5.74) is 2.39. The molecule has 1 aliphatic rings. The van der Waals surface area contributed by atoms with E-state index in [4.69, 9.17) is 9.47 Å². The van der Waals surface area contributed by atoms with Crippen molar-refractivity contribution in [3.63, 3.8) is 0 Å². The largest absolute Gasteiger partial charge is 0.456 e. The molecule has 8 heteroatoms. The Balaban J connectivity index is 1.41. The molecule has 0 aliphatic carbocycles. The second-order valence-electron chi connectivity index (χ2n) is 6.95. The molecule has 0 N–H and O–H groups in total. The van der Waals surface area contributed by atoms with Crippen LogP contribution >= 0.6 is 11.3 Å². The predicted molar refractivity (Wildman–Crippen MR) is 115 cm³/mol. The third-order valence-electron chi connectivity index (χ3n) is 4.86. The van der Waals surface area contributed by atoms with Crippen molar-refractivity contribution in [3.05, 3.63) is 76.3 Å². The van der Waals surface area contributed by atoms with Gasteiger partial charge in [-0.2, -0.15) is 0 Å². The van der Waals surface area contributed by atoms with Crippen molar-refractivity contribution in [2.24, 2.45) is 0 Å². The monoisotopic (exact) mass is 436 g/mol. The van der Waals surface area contributed by atoms with Crippen LogP contribution in [0.15, 0.2) is 53.9 Å². The standard InChI is InChI=1S/C23H20N2O5S/c1-29-11-5-10-25-21(26)18-9-8-16(12-19(18)22(25)27)23(28)30-13-17-14-31-20(24-17)15-6-3-2-4-7-15/h2-4,6-9,12,14H,5,10-11,13H2,1H3. The first kappa shape index (κ1) is 20.9. The van der Waals surface area contributed by atoms with E-state index < -0.39 is 11.9 Å². The molecule has 1 aromatic heterocycles. The number of carbonyl (C=O) groups excluding carboxylic acids is 3. The molecule has 2 amide bonds. The molecule has 7 nitrogen and oxygen atoms in total. The zero-order chi connectivity index (χ0) is 21.8. The van der Waals surface area contributed by atoms with Crippen molar-refractivity contribution in [1.29, 1.82) is 0 Å². The summed E-state index contributed by atoms with van der Waals surface area (Å²) in [5.74, 6) is -1.33. The molecular formula is C23H20N2O5S. The van der Waals surface area contributed by atoms with Gasteiger partial charge >= 0.3 is 5.97 Å². The maximum absolute atomic E-state index is 12.6. The number of benzene rings is 2. The molecule has 0 spiro atoms. The van der Waals surface area contributed by atoms with E-state index in [0.29, 0.717) is 24.3 Å². The summed E-state index contributed by atoms with van der Waals surface area (Å²) in [6.45, 7) is 0.746. The quantitative estimate of drug-likeness (QED) is 0.303. The fourth-order valence-electron chi connectivity index (χ4n) is 3.30. The van der Waals surface area contributed by atoms with E-state index in [9.17, 15) is 14.4 Å². The number of rotatable bonds is 8. The molecule has 0 saturated carbocycles. The lowest BCUT2D eigenvalue weighted by Gasteiger charge is -2.12. The lowest BCUT2D eigenvalue weighted by atomic mass is 10.1. The topological polar surface area (TPSA) is 85.8 Å². The van der Waals surface area contributed by atoms with Gasteiger partial charge < -0.3 is 9.47 Å². The predicted octanol–water partition coefficient (Wildman–Crippen LogP) is 3.80. The molecule has 0 bridgehead atoms. The first-order valence-corrected chi connectivity index (χ1v) is 10.6. The average molecular weight is 436 g/mol. The van der Waals surface area contributed by atoms with E-state index in [-0.39, 0.29) is 30.2 Å². The molecule has 0 fully saturated rings. The van der Waals surface area contributed by atoms with Crippen LogP contribution in [0, 0.1) is 0 Å². The van der Waals surface area contributed by atoms with Gasteiger partial charge in [-0.3, -0.25) is 14.5 Å². The van der Waals surface area contributed by atoms with Gasteiger partial charge in [0.25, 0.3) is 11.8 Å². The van der Waals surface area contributed by atoms with Gasteiger partial charge in [0, 0.05) is 31.2 Å². The number of amides is 2. The number of hydrogen-bond acceptors (Lipinski definition) is 7. The van der Waals surface area contributed by atoms with Gasteiger partial charge in [-0.15, -0.1) is 11.3 Å². The number of aromatic nitrogens is 1. The molecule has 2 aromatic carbocycles. The van der Waals surface area contributed by atoms with Crippen molar-refractivity contribution in [2.75, 3.05) is 20.3 Å². The Morgan fingerprint density at radius 1 is 1.06 bits per heavy atom. The first-order chi connectivity index (χ1) is 15.1. The Labute approximate surface area is 183 Å². The number of methoxy groups -OCH3 is 1. The minimum Gasteiger partial charge on any atom is -0.456 e. The fourth-order valence-corrected chi connectivity index (χ4v) is 4.11. The Morgan fingerprint density at radius 2 is 1.84 bits per heavy atom. The molecule has 3 aromatic rings. The molecular weight excluding hydrogens is 416 g/mol. The Bertz CT molecular complexity index is 1130. The highest BCUT2D eigenvalue weighted by Gasteiger charge is 2.35. The van der Waals surface area contributed by atoms with Gasteiger partial charge in [-0.1, -0.05) is 30.3 Å². The van der Waals surface area contributed by atoms with Gasteiger partial charge in [-0.05, 0) is 24.6 Å². The summed E-state index contributed by atoms with van der Waals surface area (Å²) in [5, 5.41) is 2.69. The van der Waals surface area contributed by atoms with Crippen molar-refractivity contribution in [1.82, 2.24) is 9.88 Å². The highest BCUT2D eigenvalue weighted by Crippen LogP contribution is 2.26. The number of hydrogen-bond donors (Lipinski definition) is 0. The second kappa shape index (κ2) is 9.20. The van der Waals surface area contributed by atoms with Crippen molar-refractivity contribution in [2.45, 2.75) is 13.0 Å². The third-order valence-corrected chi connectivity index (χ3v) is 5.80. The summed E-state index contributed by atoms with van der Waals surface area (Å²) in [6.07, 6.45) is 0.551. The van der Waals surface area contributed by atoms with Gasteiger partial charge in [-0.25, -0.2) is 9.78 Å². The van der Waals surface area contributed by atoms with Crippen molar-refractivity contribution >= 4 is 29.1 Å². The molecule has 0 radical (unpaired) electrons. The summed E-state index contributed by atoms with van der Waals surface area (Å²) in [4.78, 5) is 43.2. The van der Waals surface area contributed by atoms with E-state index in [2.05, 4.69) is 4.98 Å². The molecule has 31 heavy (non-hydrogen) atoms. The van der Waals surface area contributed by atoms with Crippen LogP contribution in [0.25, 0.3) is 10.6 Å². The number of esters is 1. The number of carbonyl (C=O) groups is 3. The van der Waals surface area contributed by atoms with Crippen LogP contribution in [-0.2, 0) is 16.1 Å². The molecule has 0 atom stereocenters. The van der Waals surface area contributed by atoms with Gasteiger partial charge in [0.2, 0.25) is 0 Å². The van der Waals surface area contributed by atoms with Gasteiger partial charge in [0.1, 0.15) is 11.6 Å². The summed E-state index contributed by atoms with van der Waals surface area (Å²) < 4.78 is 10.3. The molecule has 4 rings (SSSR count). The second-order valence-corrected chi connectivity index (χ2v) is 7.81.